The Morgan fingerprint density at radius 2 is 2.20 bits per heavy atom. The number of amides is 1. The van der Waals surface area contributed by atoms with Crippen molar-refractivity contribution in [1.29, 1.82) is 0 Å². The predicted molar refractivity (Wildman–Crippen MR) is 72.7 cm³/mol. The molecule has 5 nitrogen and oxygen atoms in total. The summed E-state index contributed by atoms with van der Waals surface area (Å²) in [6.07, 6.45) is 3.85. The molecular weight excluding hydrogens is 258 g/mol. The number of carbonyl (C=O) groups is 1. The minimum Gasteiger partial charge on any atom is -0.488 e. The van der Waals surface area contributed by atoms with Crippen molar-refractivity contribution in [2.45, 2.75) is 38.7 Å². The molecule has 0 radical (unpaired) electrons. The van der Waals surface area contributed by atoms with Gasteiger partial charge in [0.25, 0.3) is 0 Å². The van der Waals surface area contributed by atoms with Crippen LogP contribution in [0.2, 0.25) is 0 Å². The van der Waals surface area contributed by atoms with Crippen LogP contribution in [0.5, 0.6) is 5.75 Å². The molecule has 1 aliphatic heterocycles. The van der Waals surface area contributed by atoms with Gasteiger partial charge >= 0.3 is 5.63 Å². The van der Waals surface area contributed by atoms with E-state index in [1.54, 1.807) is 13.0 Å². The van der Waals surface area contributed by atoms with E-state index in [1.165, 1.54) is 18.9 Å². The molecule has 1 unspecified atom stereocenters. The molecule has 0 aromatic carbocycles. The summed E-state index contributed by atoms with van der Waals surface area (Å²) in [5.41, 5.74) is -0.403. The Balaban J connectivity index is 1.56. The van der Waals surface area contributed by atoms with Crippen molar-refractivity contribution >= 4 is 5.91 Å². The first-order valence-electron chi connectivity index (χ1n) is 7.16. The molecule has 5 heteroatoms. The van der Waals surface area contributed by atoms with Crippen LogP contribution < -0.4 is 10.4 Å². The molecule has 1 aliphatic carbocycles. The normalized spacial score (nSPS) is 22.1. The van der Waals surface area contributed by atoms with Gasteiger partial charge in [-0.3, -0.25) is 4.79 Å². The zero-order valence-electron chi connectivity index (χ0n) is 11.6. The zero-order chi connectivity index (χ0) is 14.1. The first-order valence-corrected chi connectivity index (χ1v) is 7.16. The van der Waals surface area contributed by atoms with E-state index in [1.807, 2.05) is 4.90 Å². The van der Waals surface area contributed by atoms with Gasteiger partial charge in [-0.25, -0.2) is 4.79 Å². The average molecular weight is 277 g/mol. The fourth-order valence-electron chi connectivity index (χ4n) is 2.59. The van der Waals surface area contributed by atoms with Crippen LogP contribution in [0.1, 0.15) is 31.4 Å². The Kier molecular flexibility index (Phi) is 3.51. The standard InChI is InChI=1S/C15H19NO4/c1-10-6-13(8-15(18)19-10)20-12-4-5-16(9-12)14(17)7-11-2-3-11/h6,8,11-12H,2-5,7,9H2,1H3. The Morgan fingerprint density at radius 3 is 2.90 bits per heavy atom. The average Bonchev–Trinajstić information content (AvgIpc) is 3.04. The van der Waals surface area contributed by atoms with Gasteiger partial charge in [0, 0.05) is 25.5 Å². The molecule has 1 amide bonds. The lowest BCUT2D eigenvalue weighted by Gasteiger charge is -2.17. The molecule has 0 bridgehead atoms. The fraction of sp³-hybridized carbons (Fsp3) is 0.600. The summed E-state index contributed by atoms with van der Waals surface area (Å²) in [6.45, 7) is 3.08. The van der Waals surface area contributed by atoms with Gasteiger partial charge in [0.05, 0.1) is 12.6 Å². The number of nitrogens with zero attached hydrogens (tertiary/aromatic N) is 1. The van der Waals surface area contributed by atoms with Crippen LogP contribution in [-0.4, -0.2) is 30.0 Å². The maximum absolute atomic E-state index is 12.0. The second-order valence-electron chi connectivity index (χ2n) is 5.74. The number of carbonyl (C=O) groups excluding carboxylic acids is 1. The van der Waals surface area contributed by atoms with Gasteiger partial charge in [-0.15, -0.1) is 0 Å². The molecule has 1 aromatic rings. The summed E-state index contributed by atoms with van der Waals surface area (Å²) in [6, 6.07) is 3.05. The SMILES string of the molecule is Cc1cc(OC2CCN(C(=O)CC3CC3)C2)cc(=O)o1. The monoisotopic (exact) mass is 277 g/mol. The Labute approximate surface area is 117 Å². The Morgan fingerprint density at radius 1 is 1.40 bits per heavy atom. The van der Waals surface area contributed by atoms with Crippen molar-refractivity contribution in [3.05, 3.63) is 28.3 Å². The second kappa shape index (κ2) is 5.31. The fourth-order valence-corrected chi connectivity index (χ4v) is 2.59. The minimum atomic E-state index is -0.403. The lowest BCUT2D eigenvalue weighted by molar-refractivity contribution is -0.130. The van der Waals surface area contributed by atoms with E-state index in [4.69, 9.17) is 9.15 Å². The third kappa shape index (κ3) is 3.21. The third-order valence-corrected chi connectivity index (χ3v) is 3.83. The van der Waals surface area contributed by atoms with Gasteiger partial charge in [-0.2, -0.15) is 0 Å². The van der Waals surface area contributed by atoms with Crippen LogP contribution in [0, 0.1) is 12.8 Å². The van der Waals surface area contributed by atoms with Crippen LogP contribution in [-0.2, 0) is 4.79 Å². The van der Waals surface area contributed by atoms with E-state index >= 15 is 0 Å². The van der Waals surface area contributed by atoms with E-state index < -0.39 is 5.63 Å². The maximum Gasteiger partial charge on any atom is 0.339 e. The summed E-state index contributed by atoms with van der Waals surface area (Å²) in [7, 11) is 0. The van der Waals surface area contributed by atoms with E-state index in [9.17, 15) is 9.59 Å². The number of hydrogen-bond acceptors (Lipinski definition) is 4. The quantitative estimate of drug-likeness (QED) is 0.841. The van der Waals surface area contributed by atoms with Gasteiger partial charge in [-0.1, -0.05) is 0 Å². The van der Waals surface area contributed by atoms with Crippen LogP contribution in [0.4, 0.5) is 0 Å². The van der Waals surface area contributed by atoms with Crippen molar-refractivity contribution in [3.8, 4) is 5.75 Å². The van der Waals surface area contributed by atoms with Crippen molar-refractivity contribution in [2.24, 2.45) is 5.92 Å². The maximum atomic E-state index is 12.0. The van der Waals surface area contributed by atoms with Gasteiger partial charge < -0.3 is 14.1 Å². The van der Waals surface area contributed by atoms with E-state index in [0.717, 1.165) is 13.0 Å². The van der Waals surface area contributed by atoms with Crippen molar-refractivity contribution in [2.75, 3.05) is 13.1 Å². The van der Waals surface area contributed by atoms with Crippen molar-refractivity contribution < 1.29 is 13.9 Å². The minimum absolute atomic E-state index is 0.0284. The molecule has 1 saturated heterocycles. The molecule has 1 aromatic heterocycles. The first kappa shape index (κ1) is 13.2. The van der Waals surface area contributed by atoms with Crippen LogP contribution in [0.3, 0.4) is 0 Å². The molecule has 2 heterocycles. The summed E-state index contributed by atoms with van der Waals surface area (Å²) in [5.74, 6) is 1.92. The number of likely N-dealkylation sites (tertiary alicyclic amines) is 1. The highest BCUT2D eigenvalue weighted by Crippen LogP contribution is 2.33. The summed E-state index contributed by atoms with van der Waals surface area (Å²) in [4.78, 5) is 25.2. The molecule has 1 atom stereocenters. The van der Waals surface area contributed by atoms with Gasteiger partial charge in [0.2, 0.25) is 5.91 Å². The number of aryl methyl sites for hydroxylation is 1. The molecule has 0 N–H and O–H groups in total. The molecule has 20 heavy (non-hydrogen) atoms. The molecule has 0 spiro atoms. The summed E-state index contributed by atoms with van der Waals surface area (Å²) >= 11 is 0. The lowest BCUT2D eigenvalue weighted by atomic mass is 10.2. The van der Waals surface area contributed by atoms with E-state index in [0.29, 0.717) is 30.4 Å². The second-order valence-corrected chi connectivity index (χ2v) is 5.74. The molecule has 2 fully saturated rings. The van der Waals surface area contributed by atoms with Crippen LogP contribution in [0.15, 0.2) is 21.3 Å². The third-order valence-electron chi connectivity index (χ3n) is 3.83. The number of ether oxygens (including phenoxy) is 1. The smallest absolute Gasteiger partial charge is 0.339 e. The Bertz CT molecular complexity index is 561. The van der Waals surface area contributed by atoms with Crippen LogP contribution >= 0.6 is 0 Å². The number of hydrogen-bond donors (Lipinski definition) is 0. The summed E-state index contributed by atoms with van der Waals surface area (Å²) in [5, 5.41) is 0. The highest BCUT2D eigenvalue weighted by molar-refractivity contribution is 5.77. The first-order chi connectivity index (χ1) is 9.60. The van der Waals surface area contributed by atoms with Gasteiger partial charge in [-0.05, 0) is 25.7 Å². The molecule has 108 valence electrons. The largest absolute Gasteiger partial charge is 0.488 e. The molecule has 2 aliphatic rings. The van der Waals surface area contributed by atoms with Gasteiger partial charge in [0.15, 0.2) is 0 Å². The molecule has 1 saturated carbocycles. The lowest BCUT2D eigenvalue weighted by Crippen LogP contribution is -2.31. The van der Waals surface area contributed by atoms with Crippen LogP contribution in [0.25, 0.3) is 0 Å². The highest BCUT2D eigenvalue weighted by atomic mass is 16.5. The summed E-state index contributed by atoms with van der Waals surface area (Å²) < 4.78 is 10.7. The molecule has 3 rings (SSSR count). The topological polar surface area (TPSA) is 59.8 Å². The van der Waals surface area contributed by atoms with E-state index in [-0.39, 0.29) is 12.0 Å². The van der Waals surface area contributed by atoms with Crippen molar-refractivity contribution in [3.63, 3.8) is 0 Å². The Hall–Kier alpha value is -1.78. The molecular formula is C15H19NO4. The van der Waals surface area contributed by atoms with Crippen molar-refractivity contribution in [1.82, 2.24) is 4.90 Å². The van der Waals surface area contributed by atoms with E-state index in [2.05, 4.69) is 0 Å². The predicted octanol–water partition coefficient (Wildman–Crippen LogP) is 1.73. The number of rotatable bonds is 4. The zero-order valence-corrected chi connectivity index (χ0v) is 11.6. The van der Waals surface area contributed by atoms with Gasteiger partial charge in [0.1, 0.15) is 17.6 Å². The highest BCUT2D eigenvalue weighted by Gasteiger charge is 2.31.